The van der Waals surface area contributed by atoms with Crippen molar-refractivity contribution in [3.8, 4) is 6.07 Å². The topological polar surface area (TPSA) is 79.6 Å². The van der Waals surface area contributed by atoms with Crippen molar-refractivity contribution < 1.29 is 19.1 Å². The number of nitrogens with zero attached hydrogens (tertiary/aromatic N) is 2. The van der Waals surface area contributed by atoms with Crippen LogP contribution in [0.1, 0.15) is 71.4 Å². The van der Waals surface area contributed by atoms with E-state index in [2.05, 4.69) is 6.07 Å². The van der Waals surface area contributed by atoms with Gasteiger partial charge < -0.3 is 9.47 Å². The number of rotatable bonds is 2. The zero-order valence-electron chi connectivity index (χ0n) is 16.3. The largest absolute Gasteiger partial charge is 0.443 e. The van der Waals surface area contributed by atoms with Crippen LogP contribution in [0.3, 0.4) is 0 Å². The van der Waals surface area contributed by atoms with Crippen molar-refractivity contribution in [1.29, 1.82) is 5.26 Å². The third-order valence-corrected chi connectivity index (χ3v) is 3.58. The number of carbonyl (C=O) groups excluding carboxylic acids is 2. The smallest absolute Gasteiger partial charge is 0.424 e. The maximum atomic E-state index is 12.8. The van der Waals surface area contributed by atoms with Crippen molar-refractivity contribution in [1.82, 2.24) is 0 Å². The fraction of sp³-hybridized carbons (Fsp3) is 0.550. The average molecular weight is 358 g/mol. The van der Waals surface area contributed by atoms with Crippen LogP contribution in [-0.2, 0) is 9.47 Å². The van der Waals surface area contributed by atoms with Crippen LogP contribution in [0, 0.1) is 11.3 Å². The van der Waals surface area contributed by atoms with Crippen LogP contribution in [0.2, 0.25) is 0 Å². The van der Waals surface area contributed by atoms with E-state index in [1.807, 2.05) is 6.07 Å². The summed E-state index contributed by atoms with van der Waals surface area (Å²) in [7, 11) is 0. The van der Waals surface area contributed by atoms with Crippen LogP contribution >= 0.6 is 0 Å². The maximum absolute atomic E-state index is 12.8. The number of hydrogen-bond acceptors (Lipinski definition) is 5. The predicted molar refractivity (Wildman–Crippen MR) is 98.1 cm³/mol. The van der Waals surface area contributed by atoms with Crippen LogP contribution < -0.4 is 4.90 Å². The summed E-state index contributed by atoms with van der Waals surface area (Å²) in [4.78, 5) is 26.6. The number of imide groups is 1. The summed E-state index contributed by atoms with van der Waals surface area (Å²) in [5, 5.41) is 9.54. The molecule has 1 aliphatic carbocycles. The Kier molecular flexibility index (Phi) is 5.31. The van der Waals surface area contributed by atoms with Crippen LogP contribution in [0.15, 0.2) is 18.2 Å². The van der Waals surface area contributed by atoms with E-state index in [-0.39, 0.29) is 17.2 Å². The highest BCUT2D eigenvalue weighted by Gasteiger charge is 2.38. The fourth-order valence-electron chi connectivity index (χ4n) is 2.50. The van der Waals surface area contributed by atoms with E-state index >= 15 is 0 Å². The van der Waals surface area contributed by atoms with Gasteiger partial charge in [-0.1, -0.05) is 12.1 Å². The molecule has 0 saturated heterocycles. The number of hydrogen-bond donors (Lipinski definition) is 0. The highest BCUT2D eigenvalue weighted by atomic mass is 16.6. The lowest BCUT2D eigenvalue weighted by molar-refractivity contribution is 0.0430. The second kappa shape index (κ2) is 6.99. The van der Waals surface area contributed by atoms with Gasteiger partial charge in [-0.25, -0.2) is 9.59 Å². The minimum atomic E-state index is -0.851. The molecule has 1 aromatic rings. The Balaban J connectivity index is 2.56. The molecule has 0 spiro atoms. The number of carbonyl (C=O) groups is 2. The molecule has 0 aliphatic heterocycles. The zero-order valence-corrected chi connectivity index (χ0v) is 16.3. The lowest BCUT2D eigenvalue weighted by atomic mass is 10.0. The molecule has 0 unspecified atom stereocenters. The minimum Gasteiger partial charge on any atom is -0.443 e. The second-order valence-electron chi connectivity index (χ2n) is 8.43. The minimum absolute atomic E-state index is 0.227. The van der Waals surface area contributed by atoms with Gasteiger partial charge in [0, 0.05) is 0 Å². The summed E-state index contributed by atoms with van der Waals surface area (Å²) in [6, 6.07) is 7.27. The number of ether oxygens (including phenoxy) is 2. The average Bonchev–Trinajstić information content (AvgIpc) is 3.28. The molecular weight excluding hydrogens is 332 g/mol. The summed E-state index contributed by atoms with van der Waals surface area (Å²) in [5.41, 5.74) is -0.287. The lowest BCUT2D eigenvalue weighted by Crippen LogP contribution is -2.44. The van der Waals surface area contributed by atoms with Crippen LogP contribution in [0.25, 0.3) is 0 Å². The molecule has 1 aliphatic rings. The van der Waals surface area contributed by atoms with Crippen LogP contribution in [0.4, 0.5) is 15.3 Å². The molecule has 0 radical (unpaired) electrons. The molecule has 1 aromatic carbocycles. The Bertz CT molecular complexity index is 719. The summed E-state index contributed by atoms with van der Waals surface area (Å²) < 4.78 is 10.8. The van der Waals surface area contributed by atoms with Crippen molar-refractivity contribution in [2.45, 2.75) is 71.5 Å². The number of anilines is 1. The Hall–Kier alpha value is -2.55. The van der Waals surface area contributed by atoms with Gasteiger partial charge in [0.2, 0.25) is 0 Å². The van der Waals surface area contributed by atoms with Crippen LogP contribution in [0.5, 0.6) is 0 Å². The molecule has 2 rings (SSSR count). The molecule has 0 aromatic heterocycles. The Morgan fingerprint density at radius 3 is 1.92 bits per heavy atom. The van der Waals surface area contributed by atoms with Gasteiger partial charge in [-0.3, -0.25) is 0 Å². The normalized spacial score (nSPS) is 14.3. The summed E-state index contributed by atoms with van der Waals surface area (Å²) in [6.45, 7) is 10.3. The van der Waals surface area contributed by atoms with Gasteiger partial charge in [-0.15, -0.1) is 0 Å². The summed E-state index contributed by atoms with van der Waals surface area (Å²) in [5.74, 6) is 0.227. The first-order chi connectivity index (χ1) is 11.9. The highest BCUT2D eigenvalue weighted by Crippen LogP contribution is 2.46. The van der Waals surface area contributed by atoms with Gasteiger partial charge in [0.05, 0.1) is 11.3 Å². The molecule has 1 fully saturated rings. The van der Waals surface area contributed by atoms with E-state index in [9.17, 15) is 14.9 Å². The van der Waals surface area contributed by atoms with E-state index in [0.717, 1.165) is 23.3 Å². The van der Waals surface area contributed by atoms with E-state index in [4.69, 9.17) is 9.47 Å². The predicted octanol–water partition coefficient (Wildman–Crippen LogP) is 5.11. The molecule has 0 N–H and O–H groups in total. The third kappa shape index (κ3) is 4.98. The maximum Gasteiger partial charge on any atom is 0.424 e. The van der Waals surface area contributed by atoms with Gasteiger partial charge >= 0.3 is 12.2 Å². The first-order valence-electron chi connectivity index (χ1n) is 8.72. The molecule has 6 nitrogen and oxygen atoms in total. The SMILES string of the molecule is CC(C)(C)OC(=O)N(C(=O)OC(C)(C)C)c1c(C#N)cccc1C1CC1. The zero-order chi connectivity index (χ0) is 19.7. The number of benzene rings is 1. The van der Waals surface area contributed by atoms with E-state index < -0.39 is 23.4 Å². The van der Waals surface area contributed by atoms with Gasteiger partial charge in [0.1, 0.15) is 17.3 Å². The van der Waals surface area contributed by atoms with Crippen LogP contribution in [-0.4, -0.2) is 23.4 Å². The van der Waals surface area contributed by atoms with E-state index in [1.54, 1.807) is 53.7 Å². The number of nitriles is 1. The van der Waals surface area contributed by atoms with Crippen molar-refractivity contribution in [3.63, 3.8) is 0 Å². The first-order valence-corrected chi connectivity index (χ1v) is 8.72. The summed E-state index contributed by atoms with van der Waals surface area (Å²) in [6.07, 6.45) is 0.212. The van der Waals surface area contributed by atoms with E-state index in [0.29, 0.717) is 0 Å². The molecule has 140 valence electrons. The first kappa shape index (κ1) is 19.8. The van der Waals surface area contributed by atoms with Crippen molar-refractivity contribution in [3.05, 3.63) is 29.3 Å². The van der Waals surface area contributed by atoms with Crippen molar-refractivity contribution in [2.75, 3.05) is 4.90 Å². The van der Waals surface area contributed by atoms with Gasteiger partial charge in [-0.05, 0) is 71.9 Å². The molecule has 0 heterocycles. The van der Waals surface area contributed by atoms with Gasteiger partial charge in [0.25, 0.3) is 0 Å². The molecule has 1 saturated carbocycles. The van der Waals surface area contributed by atoms with Crippen molar-refractivity contribution >= 4 is 17.9 Å². The molecule has 26 heavy (non-hydrogen) atoms. The standard InChI is InChI=1S/C20H26N2O4/c1-19(2,3)25-17(23)22(18(24)26-20(4,5)6)16-14(12-21)8-7-9-15(16)13-10-11-13/h7-9,13H,10-11H2,1-6H3. The van der Waals surface area contributed by atoms with E-state index in [1.165, 1.54) is 0 Å². The number of para-hydroxylation sites is 1. The molecule has 0 bridgehead atoms. The third-order valence-electron chi connectivity index (χ3n) is 3.58. The molecule has 2 amide bonds. The lowest BCUT2D eigenvalue weighted by Gasteiger charge is -2.30. The monoisotopic (exact) mass is 358 g/mol. The Morgan fingerprint density at radius 2 is 1.54 bits per heavy atom. The fourth-order valence-corrected chi connectivity index (χ4v) is 2.50. The quantitative estimate of drug-likeness (QED) is 0.733. The molecule has 0 atom stereocenters. The number of amides is 2. The molecule has 6 heteroatoms. The Labute approximate surface area is 154 Å². The summed E-state index contributed by atoms with van der Waals surface area (Å²) >= 11 is 0. The van der Waals surface area contributed by atoms with Gasteiger partial charge in [-0.2, -0.15) is 10.2 Å². The Morgan fingerprint density at radius 1 is 1.04 bits per heavy atom. The second-order valence-corrected chi connectivity index (χ2v) is 8.43. The molecular formula is C20H26N2O4. The highest BCUT2D eigenvalue weighted by molar-refractivity contribution is 6.11. The van der Waals surface area contributed by atoms with Crippen molar-refractivity contribution in [2.24, 2.45) is 0 Å². The van der Waals surface area contributed by atoms with Gasteiger partial charge in [0.15, 0.2) is 0 Å².